The van der Waals surface area contributed by atoms with Crippen LogP contribution in [-0.4, -0.2) is 9.78 Å². The molecule has 1 heterocycles. The minimum Gasteiger partial charge on any atom is -0.265 e. The number of para-hydroxylation sites is 1. The second-order valence-corrected chi connectivity index (χ2v) is 3.19. The molecule has 0 spiro atoms. The van der Waals surface area contributed by atoms with Crippen LogP contribution in [0.1, 0.15) is 12.8 Å². The third-order valence-corrected chi connectivity index (χ3v) is 2.21. The fourth-order valence-electron chi connectivity index (χ4n) is 1.51. The van der Waals surface area contributed by atoms with E-state index in [9.17, 15) is 0 Å². The molecule has 14 heavy (non-hydrogen) atoms. The molecule has 0 fully saturated rings. The number of hydrogen-bond donors (Lipinski definition) is 0. The van der Waals surface area contributed by atoms with E-state index in [2.05, 4.69) is 17.2 Å². The Morgan fingerprint density at radius 2 is 2.21 bits per heavy atom. The van der Waals surface area contributed by atoms with E-state index in [1.54, 1.807) is 0 Å². The molecule has 0 unspecified atom stereocenters. The van der Waals surface area contributed by atoms with Crippen LogP contribution in [0.3, 0.4) is 0 Å². The van der Waals surface area contributed by atoms with Crippen LogP contribution >= 0.6 is 0 Å². The molecule has 2 aromatic rings. The van der Waals surface area contributed by atoms with Crippen molar-refractivity contribution in [2.45, 2.75) is 19.4 Å². The highest BCUT2D eigenvalue weighted by molar-refractivity contribution is 5.78. The molecule has 0 aliphatic carbocycles. The van der Waals surface area contributed by atoms with Crippen LogP contribution in [0.5, 0.6) is 0 Å². The van der Waals surface area contributed by atoms with Gasteiger partial charge >= 0.3 is 0 Å². The molecule has 0 bridgehead atoms. The van der Waals surface area contributed by atoms with Crippen molar-refractivity contribution in [3.05, 3.63) is 30.5 Å². The topological polar surface area (TPSA) is 41.6 Å². The molecule has 0 saturated carbocycles. The molecule has 0 saturated heterocycles. The maximum atomic E-state index is 8.43. The fraction of sp³-hybridized carbons (Fsp3) is 0.273. The van der Waals surface area contributed by atoms with E-state index in [4.69, 9.17) is 5.26 Å². The Morgan fingerprint density at radius 3 is 3.07 bits per heavy atom. The van der Waals surface area contributed by atoms with Crippen LogP contribution in [0.4, 0.5) is 0 Å². The average molecular weight is 185 g/mol. The normalized spacial score (nSPS) is 10.2. The van der Waals surface area contributed by atoms with Crippen molar-refractivity contribution < 1.29 is 0 Å². The van der Waals surface area contributed by atoms with Gasteiger partial charge in [-0.1, -0.05) is 18.2 Å². The zero-order valence-electron chi connectivity index (χ0n) is 7.85. The van der Waals surface area contributed by atoms with Gasteiger partial charge in [-0.15, -0.1) is 0 Å². The Hall–Kier alpha value is -1.82. The van der Waals surface area contributed by atoms with Gasteiger partial charge in [-0.2, -0.15) is 10.4 Å². The summed E-state index contributed by atoms with van der Waals surface area (Å²) in [5.74, 6) is 0. The Bertz CT molecular complexity index is 465. The Kier molecular flexibility index (Phi) is 2.46. The molecule has 2 rings (SSSR count). The highest BCUT2D eigenvalue weighted by Crippen LogP contribution is 2.12. The number of benzene rings is 1. The lowest BCUT2D eigenvalue weighted by atomic mass is 10.2. The molecule has 0 aliphatic rings. The minimum atomic E-state index is 0.591. The summed E-state index contributed by atoms with van der Waals surface area (Å²) in [4.78, 5) is 0. The molecule has 0 amide bonds. The van der Waals surface area contributed by atoms with Crippen LogP contribution in [0.15, 0.2) is 30.5 Å². The van der Waals surface area contributed by atoms with E-state index in [0.29, 0.717) is 6.42 Å². The second kappa shape index (κ2) is 3.93. The first-order chi connectivity index (χ1) is 6.92. The molecule has 1 aromatic carbocycles. The summed E-state index contributed by atoms with van der Waals surface area (Å²) in [6.45, 7) is 0.821. The van der Waals surface area contributed by atoms with Gasteiger partial charge in [0, 0.05) is 18.4 Å². The summed E-state index contributed by atoms with van der Waals surface area (Å²) in [7, 11) is 0. The van der Waals surface area contributed by atoms with E-state index >= 15 is 0 Å². The number of rotatable bonds is 3. The Morgan fingerprint density at radius 1 is 1.36 bits per heavy atom. The van der Waals surface area contributed by atoms with Crippen LogP contribution in [0.25, 0.3) is 10.9 Å². The van der Waals surface area contributed by atoms with E-state index in [0.717, 1.165) is 23.9 Å². The van der Waals surface area contributed by atoms with Crippen molar-refractivity contribution in [1.82, 2.24) is 9.78 Å². The van der Waals surface area contributed by atoms with Crippen molar-refractivity contribution in [2.75, 3.05) is 0 Å². The highest BCUT2D eigenvalue weighted by atomic mass is 15.3. The number of hydrogen-bond acceptors (Lipinski definition) is 2. The van der Waals surface area contributed by atoms with E-state index in [-0.39, 0.29) is 0 Å². The molecule has 3 heteroatoms. The number of unbranched alkanes of at least 4 members (excludes halogenated alkanes) is 1. The lowest BCUT2D eigenvalue weighted by Gasteiger charge is -2.00. The van der Waals surface area contributed by atoms with E-state index < -0.39 is 0 Å². The van der Waals surface area contributed by atoms with Crippen molar-refractivity contribution in [1.29, 1.82) is 5.26 Å². The number of nitrogens with zero attached hydrogens (tertiary/aromatic N) is 3. The first kappa shape index (κ1) is 8.76. The summed E-state index contributed by atoms with van der Waals surface area (Å²) >= 11 is 0. The van der Waals surface area contributed by atoms with Crippen LogP contribution in [0, 0.1) is 11.3 Å². The predicted octanol–water partition coefficient (Wildman–Crippen LogP) is 2.34. The SMILES string of the molecule is N#CCCCn1ncc2ccccc21. The third-order valence-electron chi connectivity index (χ3n) is 2.21. The Balaban J connectivity index is 2.22. The summed E-state index contributed by atoms with van der Waals surface area (Å²) in [6, 6.07) is 10.2. The van der Waals surface area contributed by atoms with Gasteiger partial charge in [-0.3, -0.25) is 4.68 Å². The maximum absolute atomic E-state index is 8.43. The summed E-state index contributed by atoms with van der Waals surface area (Å²) in [5, 5.41) is 13.9. The molecule has 0 atom stereocenters. The quantitative estimate of drug-likeness (QED) is 0.689. The zero-order valence-corrected chi connectivity index (χ0v) is 7.85. The minimum absolute atomic E-state index is 0.591. The van der Waals surface area contributed by atoms with Gasteiger partial charge < -0.3 is 0 Å². The van der Waals surface area contributed by atoms with Gasteiger partial charge in [0.25, 0.3) is 0 Å². The van der Waals surface area contributed by atoms with Gasteiger partial charge in [0.1, 0.15) is 0 Å². The van der Waals surface area contributed by atoms with Crippen molar-refractivity contribution >= 4 is 10.9 Å². The van der Waals surface area contributed by atoms with Crippen molar-refractivity contribution in [3.8, 4) is 6.07 Å². The zero-order chi connectivity index (χ0) is 9.80. The smallest absolute Gasteiger partial charge is 0.0682 e. The standard InChI is InChI=1S/C11H11N3/c12-7-3-4-8-14-11-6-2-1-5-10(11)9-13-14/h1-2,5-6,9H,3-4,8H2. The summed E-state index contributed by atoms with van der Waals surface area (Å²) in [5.41, 5.74) is 1.14. The van der Waals surface area contributed by atoms with Crippen LogP contribution in [0.2, 0.25) is 0 Å². The summed E-state index contributed by atoms with van der Waals surface area (Å²) < 4.78 is 1.95. The summed E-state index contributed by atoms with van der Waals surface area (Å²) in [6.07, 6.45) is 3.32. The monoisotopic (exact) mass is 185 g/mol. The second-order valence-electron chi connectivity index (χ2n) is 3.19. The van der Waals surface area contributed by atoms with Crippen LogP contribution < -0.4 is 0 Å². The van der Waals surface area contributed by atoms with E-state index in [1.165, 1.54) is 0 Å². The lowest BCUT2D eigenvalue weighted by Crippen LogP contribution is -1.98. The fourth-order valence-corrected chi connectivity index (χ4v) is 1.51. The molecule has 0 radical (unpaired) electrons. The third kappa shape index (κ3) is 1.60. The number of fused-ring (bicyclic) bond motifs is 1. The molecule has 70 valence electrons. The predicted molar refractivity (Wildman–Crippen MR) is 54.6 cm³/mol. The van der Waals surface area contributed by atoms with Gasteiger partial charge in [0.15, 0.2) is 0 Å². The molecular weight excluding hydrogens is 174 g/mol. The first-order valence-electron chi connectivity index (χ1n) is 4.69. The highest BCUT2D eigenvalue weighted by Gasteiger charge is 1.99. The number of aryl methyl sites for hydroxylation is 1. The first-order valence-corrected chi connectivity index (χ1v) is 4.69. The molecule has 0 aliphatic heterocycles. The van der Waals surface area contributed by atoms with Crippen molar-refractivity contribution in [2.24, 2.45) is 0 Å². The van der Waals surface area contributed by atoms with Gasteiger partial charge in [0.2, 0.25) is 0 Å². The average Bonchev–Trinajstić information content (AvgIpc) is 2.63. The van der Waals surface area contributed by atoms with Crippen LogP contribution in [-0.2, 0) is 6.54 Å². The number of aromatic nitrogens is 2. The van der Waals surface area contributed by atoms with E-state index in [1.807, 2.05) is 29.1 Å². The maximum Gasteiger partial charge on any atom is 0.0682 e. The van der Waals surface area contributed by atoms with Gasteiger partial charge in [-0.05, 0) is 12.5 Å². The van der Waals surface area contributed by atoms with Crippen molar-refractivity contribution in [3.63, 3.8) is 0 Å². The molecule has 1 aromatic heterocycles. The number of nitriles is 1. The molecule has 0 N–H and O–H groups in total. The Labute approximate surface area is 82.6 Å². The molecule has 3 nitrogen and oxygen atoms in total. The lowest BCUT2D eigenvalue weighted by molar-refractivity contribution is 0.604. The van der Waals surface area contributed by atoms with Gasteiger partial charge in [0.05, 0.1) is 17.8 Å². The molecular formula is C11H11N3. The van der Waals surface area contributed by atoms with Gasteiger partial charge in [-0.25, -0.2) is 0 Å². The largest absolute Gasteiger partial charge is 0.265 e.